The van der Waals surface area contributed by atoms with E-state index < -0.39 is 53.9 Å². The Hall–Kier alpha value is -2.06. The number of rotatable bonds is 1. The molecule has 0 radical (unpaired) electrons. The molecular weight excluding hydrogens is 360 g/mol. The number of halogens is 5. The zero-order valence-electron chi connectivity index (χ0n) is 10.9. The first-order valence-electron chi connectivity index (χ1n) is 6.01. The molecule has 2 aromatic carbocycles. The summed E-state index contributed by atoms with van der Waals surface area (Å²) >= 11 is 5.71. The normalized spacial score (nSPS) is 16.0. The zero-order chi connectivity index (χ0) is 16.9. The summed E-state index contributed by atoms with van der Waals surface area (Å²) in [4.78, 5) is -1.47. The summed E-state index contributed by atoms with van der Waals surface area (Å²) in [6, 6.07) is 7.43. The fourth-order valence-corrected chi connectivity index (χ4v) is 3.70. The molecular formula is C14H5ClF4O3S. The lowest BCUT2D eigenvalue weighted by atomic mass is 10.2. The average molecular weight is 365 g/mol. The average Bonchev–Trinajstić information content (AvgIpc) is 2.54. The maximum atomic E-state index is 13.8. The molecule has 0 unspecified atom stereocenters. The van der Waals surface area contributed by atoms with Gasteiger partial charge in [0.25, 0.3) is 0 Å². The highest BCUT2D eigenvalue weighted by Gasteiger charge is 2.41. The van der Waals surface area contributed by atoms with Gasteiger partial charge in [-0.2, -0.15) is 4.39 Å². The molecule has 0 spiro atoms. The van der Waals surface area contributed by atoms with Gasteiger partial charge < -0.3 is 4.74 Å². The van der Waals surface area contributed by atoms with E-state index >= 15 is 0 Å². The Kier molecular flexibility index (Phi) is 3.61. The minimum Gasteiger partial charge on any atom is -0.450 e. The molecule has 0 fully saturated rings. The molecule has 0 N–H and O–H groups in total. The van der Waals surface area contributed by atoms with Crippen LogP contribution in [-0.4, -0.2) is 8.42 Å². The fraction of sp³-hybridized carbons (Fsp3) is 0. The SMILES string of the molecule is O=S1(=O)C(Cl)=C(c2ccccc2)Oc2c(F)c(F)c(F)c(F)c21. The highest BCUT2D eigenvalue weighted by molar-refractivity contribution is 7.97. The van der Waals surface area contributed by atoms with E-state index in [-0.39, 0.29) is 5.56 Å². The van der Waals surface area contributed by atoms with Crippen LogP contribution in [0.3, 0.4) is 0 Å². The van der Waals surface area contributed by atoms with Gasteiger partial charge >= 0.3 is 0 Å². The van der Waals surface area contributed by atoms with E-state index in [1.54, 1.807) is 6.07 Å². The van der Waals surface area contributed by atoms with Crippen molar-refractivity contribution in [2.24, 2.45) is 0 Å². The second-order valence-corrected chi connectivity index (χ2v) is 6.91. The summed E-state index contributed by atoms with van der Waals surface area (Å²) in [7, 11) is -4.81. The van der Waals surface area contributed by atoms with Gasteiger partial charge in [-0.3, -0.25) is 0 Å². The third-order valence-corrected chi connectivity index (χ3v) is 5.45. The predicted molar refractivity (Wildman–Crippen MR) is 73.3 cm³/mol. The predicted octanol–water partition coefficient (Wildman–Crippen LogP) is 3.97. The Labute approximate surface area is 132 Å². The van der Waals surface area contributed by atoms with Crippen LogP contribution in [0.4, 0.5) is 17.6 Å². The summed E-state index contributed by atoms with van der Waals surface area (Å²) in [5.74, 6) is -10.3. The molecule has 1 heterocycles. The minimum atomic E-state index is -4.81. The molecule has 0 aromatic heterocycles. The van der Waals surface area contributed by atoms with Crippen molar-refractivity contribution < 1.29 is 30.7 Å². The number of fused-ring (bicyclic) bond motifs is 1. The van der Waals surface area contributed by atoms with Crippen molar-refractivity contribution >= 4 is 27.2 Å². The van der Waals surface area contributed by atoms with Crippen LogP contribution in [0.15, 0.2) is 39.6 Å². The largest absolute Gasteiger partial charge is 0.450 e. The molecule has 9 heteroatoms. The van der Waals surface area contributed by atoms with Crippen molar-refractivity contribution in [2.75, 3.05) is 0 Å². The molecule has 1 aliphatic rings. The number of sulfone groups is 1. The third-order valence-electron chi connectivity index (χ3n) is 3.11. The van der Waals surface area contributed by atoms with E-state index in [2.05, 4.69) is 0 Å². The van der Waals surface area contributed by atoms with E-state index in [9.17, 15) is 26.0 Å². The van der Waals surface area contributed by atoms with Crippen LogP contribution in [-0.2, 0) is 9.84 Å². The van der Waals surface area contributed by atoms with Gasteiger partial charge in [-0.05, 0) is 0 Å². The van der Waals surface area contributed by atoms with Crippen LogP contribution in [0, 0.1) is 23.3 Å². The van der Waals surface area contributed by atoms with Crippen LogP contribution in [0.5, 0.6) is 5.75 Å². The fourth-order valence-electron chi connectivity index (χ4n) is 2.04. The standard InChI is InChI=1S/C14H5ClF4O3S/c15-14-11(6-4-2-1-3-5-6)22-12-9(18)7(16)8(17)10(19)13(12)23(14,20)21/h1-5H. The van der Waals surface area contributed by atoms with Crippen LogP contribution < -0.4 is 4.74 Å². The first-order chi connectivity index (χ1) is 10.8. The Morgan fingerprint density at radius 3 is 2.04 bits per heavy atom. The molecule has 0 aliphatic carbocycles. The van der Waals surface area contributed by atoms with Gasteiger partial charge in [-0.1, -0.05) is 41.9 Å². The van der Waals surface area contributed by atoms with Gasteiger partial charge in [0, 0.05) is 5.56 Å². The number of benzene rings is 2. The van der Waals surface area contributed by atoms with Crippen LogP contribution in [0.25, 0.3) is 5.76 Å². The van der Waals surface area contributed by atoms with E-state index in [4.69, 9.17) is 16.3 Å². The summed E-state index contributed by atoms with van der Waals surface area (Å²) in [5, 5.41) is 0. The second-order valence-electron chi connectivity index (χ2n) is 4.49. The smallest absolute Gasteiger partial charge is 0.227 e. The Balaban J connectivity index is 2.37. The first-order valence-corrected chi connectivity index (χ1v) is 7.87. The van der Waals surface area contributed by atoms with Crippen molar-refractivity contribution in [3.05, 3.63) is 63.5 Å². The molecule has 3 rings (SSSR count). The monoisotopic (exact) mass is 364 g/mol. The lowest BCUT2D eigenvalue weighted by Crippen LogP contribution is -2.19. The number of ether oxygens (including phenoxy) is 1. The Morgan fingerprint density at radius 2 is 1.43 bits per heavy atom. The van der Waals surface area contributed by atoms with Crippen molar-refractivity contribution in [1.82, 2.24) is 0 Å². The maximum Gasteiger partial charge on any atom is 0.227 e. The van der Waals surface area contributed by atoms with E-state index in [1.165, 1.54) is 24.3 Å². The molecule has 120 valence electrons. The zero-order valence-corrected chi connectivity index (χ0v) is 12.5. The molecule has 0 bridgehead atoms. The summed E-state index contributed by atoms with van der Waals surface area (Å²) in [6.45, 7) is 0. The lowest BCUT2D eigenvalue weighted by molar-refractivity contribution is 0.357. The van der Waals surface area contributed by atoms with Crippen molar-refractivity contribution in [3.8, 4) is 5.75 Å². The van der Waals surface area contributed by atoms with E-state index in [0.717, 1.165) is 0 Å². The molecule has 3 nitrogen and oxygen atoms in total. The lowest BCUT2D eigenvalue weighted by Gasteiger charge is -2.22. The van der Waals surface area contributed by atoms with Crippen molar-refractivity contribution in [3.63, 3.8) is 0 Å². The van der Waals surface area contributed by atoms with Crippen LogP contribution in [0.2, 0.25) is 0 Å². The molecule has 0 atom stereocenters. The second kappa shape index (κ2) is 5.24. The minimum absolute atomic E-state index is 0.135. The van der Waals surface area contributed by atoms with Crippen molar-refractivity contribution in [2.45, 2.75) is 4.90 Å². The van der Waals surface area contributed by atoms with Gasteiger partial charge in [0.1, 0.15) is 0 Å². The van der Waals surface area contributed by atoms with E-state index in [1.807, 2.05) is 0 Å². The van der Waals surface area contributed by atoms with Gasteiger partial charge in [-0.15, -0.1) is 0 Å². The highest BCUT2D eigenvalue weighted by atomic mass is 35.5. The molecule has 0 saturated carbocycles. The molecule has 23 heavy (non-hydrogen) atoms. The van der Waals surface area contributed by atoms with E-state index in [0.29, 0.717) is 0 Å². The molecule has 2 aromatic rings. The van der Waals surface area contributed by atoms with Gasteiger partial charge in [0.05, 0.1) is 0 Å². The summed E-state index contributed by atoms with van der Waals surface area (Å²) in [6.07, 6.45) is 0. The summed E-state index contributed by atoms with van der Waals surface area (Å²) < 4.78 is 82.8. The Morgan fingerprint density at radius 1 is 0.870 bits per heavy atom. The van der Waals surface area contributed by atoms with Gasteiger partial charge in [0.15, 0.2) is 32.4 Å². The van der Waals surface area contributed by atoms with Crippen molar-refractivity contribution in [1.29, 1.82) is 0 Å². The number of hydrogen-bond acceptors (Lipinski definition) is 3. The maximum absolute atomic E-state index is 13.8. The number of hydrogen-bond donors (Lipinski definition) is 0. The van der Waals surface area contributed by atoms with Gasteiger partial charge in [0.2, 0.25) is 21.5 Å². The Bertz CT molecular complexity index is 956. The quantitative estimate of drug-likeness (QED) is 0.333. The van der Waals surface area contributed by atoms with Crippen LogP contribution in [0.1, 0.15) is 5.56 Å². The molecule has 1 aliphatic heterocycles. The van der Waals surface area contributed by atoms with Crippen LogP contribution >= 0.6 is 11.6 Å². The highest BCUT2D eigenvalue weighted by Crippen LogP contribution is 2.45. The molecule has 0 amide bonds. The van der Waals surface area contributed by atoms with Gasteiger partial charge in [-0.25, -0.2) is 21.6 Å². The third kappa shape index (κ3) is 2.21. The topological polar surface area (TPSA) is 43.4 Å². The first kappa shape index (κ1) is 15.8. The summed E-state index contributed by atoms with van der Waals surface area (Å²) in [5.41, 5.74) is 0.135. The molecule has 0 saturated heterocycles.